The Hall–Kier alpha value is 0.830. The van der Waals surface area contributed by atoms with E-state index in [0.29, 0.717) is 4.75 Å². The van der Waals surface area contributed by atoms with E-state index in [1.54, 1.807) is 0 Å². The smallest absolute Gasteiger partial charge is 0.0122 e. The Morgan fingerprint density at radius 3 is 2.00 bits per heavy atom. The highest BCUT2D eigenvalue weighted by Crippen LogP contribution is 2.22. The van der Waals surface area contributed by atoms with Gasteiger partial charge in [0.25, 0.3) is 0 Å². The Morgan fingerprint density at radius 1 is 1.38 bits per heavy atom. The molecular formula is C6H13BrS. The fraction of sp³-hybridized carbons (Fsp3) is 1.00. The standard InChI is InChI=1S/C6H13BrS/c1-6(2,3)8-5-4-7/h4-5H2,1-3H3. The molecule has 2 heteroatoms. The van der Waals surface area contributed by atoms with Crippen molar-refractivity contribution in [2.75, 3.05) is 11.1 Å². The van der Waals surface area contributed by atoms with E-state index in [1.807, 2.05) is 11.8 Å². The zero-order valence-electron chi connectivity index (χ0n) is 5.70. The molecular weight excluding hydrogens is 184 g/mol. The van der Waals surface area contributed by atoms with Crippen LogP contribution in [0.2, 0.25) is 0 Å². The topological polar surface area (TPSA) is 0 Å². The van der Waals surface area contributed by atoms with Crippen molar-refractivity contribution in [1.82, 2.24) is 0 Å². The summed E-state index contributed by atoms with van der Waals surface area (Å²) < 4.78 is 0.438. The average Bonchev–Trinajstić information content (AvgIpc) is 1.59. The average molecular weight is 197 g/mol. The van der Waals surface area contributed by atoms with Crippen LogP contribution in [0.3, 0.4) is 0 Å². The van der Waals surface area contributed by atoms with Crippen molar-refractivity contribution in [3.8, 4) is 0 Å². The van der Waals surface area contributed by atoms with Crippen molar-refractivity contribution in [2.24, 2.45) is 0 Å². The molecule has 0 radical (unpaired) electrons. The summed E-state index contributed by atoms with van der Waals surface area (Å²) in [4.78, 5) is 0. The van der Waals surface area contributed by atoms with Gasteiger partial charge in [0, 0.05) is 15.8 Å². The third-order valence-electron chi connectivity index (χ3n) is 0.612. The Morgan fingerprint density at radius 2 is 1.88 bits per heavy atom. The number of thioether (sulfide) groups is 1. The van der Waals surface area contributed by atoms with Crippen LogP contribution in [0.5, 0.6) is 0 Å². The van der Waals surface area contributed by atoms with Gasteiger partial charge in [-0.15, -0.1) is 0 Å². The van der Waals surface area contributed by atoms with Crippen molar-refractivity contribution in [3.63, 3.8) is 0 Å². The molecule has 0 N–H and O–H groups in total. The summed E-state index contributed by atoms with van der Waals surface area (Å²) in [5.74, 6) is 1.21. The largest absolute Gasteiger partial charge is 0.155 e. The van der Waals surface area contributed by atoms with Gasteiger partial charge < -0.3 is 0 Å². The molecule has 50 valence electrons. The number of hydrogen-bond acceptors (Lipinski definition) is 1. The van der Waals surface area contributed by atoms with Crippen molar-refractivity contribution in [3.05, 3.63) is 0 Å². The number of rotatable bonds is 2. The normalized spacial score (nSPS) is 12.0. The van der Waals surface area contributed by atoms with E-state index >= 15 is 0 Å². The summed E-state index contributed by atoms with van der Waals surface area (Å²) in [6.45, 7) is 6.71. The lowest BCUT2D eigenvalue weighted by atomic mass is 10.3. The lowest BCUT2D eigenvalue weighted by Crippen LogP contribution is -2.08. The van der Waals surface area contributed by atoms with Crippen LogP contribution in [-0.4, -0.2) is 15.8 Å². The molecule has 0 saturated carbocycles. The predicted octanol–water partition coefficient (Wildman–Crippen LogP) is 2.91. The van der Waals surface area contributed by atoms with Crippen LogP contribution >= 0.6 is 27.7 Å². The second-order valence-corrected chi connectivity index (χ2v) is 5.36. The van der Waals surface area contributed by atoms with Crippen molar-refractivity contribution >= 4 is 27.7 Å². The highest BCUT2D eigenvalue weighted by Gasteiger charge is 2.08. The van der Waals surface area contributed by atoms with E-state index in [1.165, 1.54) is 5.75 Å². The third kappa shape index (κ3) is 6.83. The minimum Gasteiger partial charge on any atom is -0.155 e. The quantitative estimate of drug-likeness (QED) is 0.613. The van der Waals surface area contributed by atoms with Gasteiger partial charge in [0.2, 0.25) is 0 Å². The van der Waals surface area contributed by atoms with Crippen LogP contribution in [0, 0.1) is 0 Å². The van der Waals surface area contributed by atoms with Crippen LogP contribution < -0.4 is 0 Å². The number of alkyl halides is 1. The summed E-state index contributed by atoms with van der Waals surface area (Å²) >= 11 is 5.37. The fourth-order valence-corrected chi connectivity index (χ4v) is 1.52. The van der Waals surface area contributed by atoms with Crippen molar-refractivity contribution in [2.45, 2.75) is 25.5 Å². The molecule has 0 aliphatic carbocycles. The first kappa shape index (κ1) is 8.83. The second kappa shape index (κ2) is 3.78. The Bertz CT molecular complexity index is 56.0. The first-order valence-corrected chi connectivity index (χ1v) is 4.87. The van der Waals surface area contributed by atoms with E-state index in [-0.39, 0.29) is 0 Å². The molecule has 0 unspecified atom stereocenters. The Labute approximate surface area is 64.6 Å². The van der Waals surface area contributed by atoms with Gasteiger partial charge in [0.15, 0.2) is 0 Å². The van der Waals surface area contributed by atoms with Crippen LogP contribution in [0.15, 0.2) is 0 Å². The maximum atomic E-state index is 3.38. The van der Waals surface area contributed by atoms with Gasteiger partial charge in [-0.1, -0.05) is 36.7 Å². The molecule has 0 saturated heterocycles. The van der Waals surface area contributed by atoms with Gasteiger partial charge in [-0.2, -0.15) is 11.8 Å². The third-order valence-corrected chi connectivity index (χ3v) is 2.81. The van der Waals surface area contributed by atoms with Gasteiger partial charge in [-0.25, -0.2) is 0 Å². The minimum absolute atomic E-state index is 0.438. The molecule has 0 aliphatic rings. The van der Waals surface area contributed by atoms with Crippen LogP contribution in [0.1, 0.15) is 20.8 Å². The van der Waals surface area contributed by atoms with E-state index in [9.17, 15) is 0 Å². The molecule has 8 heavy (non-hydrogen) atoms. The zero-order chi connectivity index (χ0) is 6.62. The van der Waals surface area contributed by atoms with Gasteiger partial charge >= 0.3 is 0 Å². The molecule has 0 aliphatic heterocycles. The van der Waals surface area contributed by atoms with Crippen LogP contribution in [-0.2, 0) is 0 Å². The summed E-state index contributed by atoms with van der Waals surface area (Å²) in [6.07, 6.45) is 0. The highest BCUT2D eigenvalue weighted by atomic mass is 79.9. The molecule has 0 atom stereocenters. The van der Waals surface area contributed by atoms with Gasteiger partial charge in [-0.05, 0) is 0 Å². The van der Waals surface area contributed by atoms with E-state index in [0.717, 1.165) is 5.33 Å². The number of halogens is 1. The lowest BCUT2D eigenvalue weighted by molar-refractivity contribution is 0.804. The lowest BCUT2D eigenvalue weighted by Gasteiger charge is -2.15. The van der Waals surface area contributed by atoms with E-state index in [2.05, 4.69) is 36.7 Å². The van der Waals surface area contributed by atoms with Gasteiger partial charge in [0.05, 0.1) is 0 Å². The molecule has 0 amide bonds. The maximum absolute atomic E-state index is 3.38. The molecule has 0 aromatic rings. The molecule has 0 aromatic carbocycles. The molecule has 0 nitrogen and oxygen atoms in total. The molecule has 0 heterocycles. The molecule has 0 bridgehead atoms. The molecule has 0 rings (SSSR count). The van der Waals surface area contributed by atoms with E-state index in [4.69, 9.17) is 0 Å². The van der Waals surface area contributed by atoms with Crippen molar-refractivity contribution < 1.29 is 0 Å². The minimum atomic E-state index is 0.438. The van der Waals surface area contributed by atoms with E-state index < -0.39 is 0 Å². The first-order valence-electron chi connectivity index (χ1n) is 2.76. The highest BCUT2D eigenvalue weighted by molar-refractivity contribution is 9.09. The van der Waals surface area contributed by atoms with Crippen LogP contribution in [0.25, 0.3) is 0 Å². The number of hydrogen-bond donors (Lipinski definition) is 0. The molecule has 0 aromatic heterocycles. The summed E-state index contributed by atoms with van der Waals surface area (Å²) in [7, 11) is 0. The van der Waals surface area contributed by atoms with Crippen LogP contribution in [0.4, 0.5) is 0 Å². The second-order valence-electron chi connectivity index (χ2n) is 2.65. The SMILES string of the molecule is CC(C)(C)SCCBr. The predicted molar refractivity (Wildman–Crippen MR) is 46.0 cm³/mol. The monoisotopic (exact) mass is 196 g/mol. The van der Waals surface area contributed by atoms with Gasteiger partial charge in [0.1, 0.15) is 0 Å². The zero-order valence-corrected chi connectivity index (χ0v) is 8.10. The summed E-state index contributed by atoms with van der Waals surface area (Å²) in [6, 6.07) is 0. The molecule has 0 fully saturated rings. The summed E-state index contributed by atoms with van der Waals surface area (Å²) in [5.41, 5.74) is 0. The van der Waals surface area contributed by atoms with Crippen molar-refractivity contribution in [1.29, 1.82) is 0 Å². The fourth-order valence-electron chi connectivity index (χ4n) is 0.345. The molecule has 0 spiro atoms. The summed E-state index contributed by atoms with van der Waals surface area (Å²) in [5, 5.41) is 1.11. The Kier molecular flexibility index (Phi) is 4.17. The first-order chi connectivity index (χ1) is 3.56. The van der Waals surface area contributed by atoms with Gasteiger partial charge in [-0.3, -0.25) is 0 Å². The Balaban J connectivity index is 3.11. The maximum Gasteiger partial charge on any atom is 0.0122 e.